The largest absolute Gasteiger partial charge is 0.493 e. The lowest BCUT2D eigenvalue weighted by atomic mass is 10.1. The van der Waals surface area contributed by atoms with Crippen LogP contribution in [-0.2, 0) is 6.61 Å². The van der Waals surface area contributed by atoms with E-state index in [4.69, 9.17) is 15.2 Å². The van der Waals surface area contributed by atoms with Crippen LogP contribution in [0, 0.1) is 5.92 Å². The van der Waals surface area contributed by atoms with Crippen molar-refractivity contribution in [1.29, 1.82) is 0 Å². The molecule has 2 aromatic carbocycles. The quantitative estimate of drug-likeness (QED) is 0.631. The van der Waals surface area contributed by atoms with Crippen LogP contribution < -0.4 is 15.2 Å². The van der Waals surface area contributed by atoms with Crippen LogP contribution >= 0.6 is 0 Å². The second-order valence-corrected chi connectivity index (χ2v) is 6.31. The molecule has 0 unspecified atom stereocenters. The van der Waals surface area contributed by atoms with E-state index >= 15 is 0 Å². The second kappa shape index (κ2) is 7.75. The Morgan fingerprint density at radius 2 is 1.72 bits per heavy atom. The molecule has 1 aromatic heterocycles. The van der Waals surface area contributed by atoms with E-state index in [2.05, 4.69) is 24.0 Å². The van der Waals surface area contributed by atoms with Crippen molar-refractivity contribution in [2.75, 3.05) is 12.3 Å². The average Bonchev–Trinajstić information content (AvgIpc) is 3.08. The molecule has 3 aromatic rings. The second-order valence-electron chi connectivity index (χ2n) is 6.31. The van der Waals surface area contributed by atoms with E-state index in [0.717, 1.165) is 22.7 Å². The van der Waals surface area contributed by atoms with Gasteiger partial charge in [0.15, 0.2) is 0 Å². The maximum atomic E-state index is 5.91. The molecule has 5 heteroatoms. The van der Waals surface area contributed by atoms with Crippen molar-refractivity contribution in [3.05, 3.63) is 60.3 Å². The number of aromatic amines is 1. The first-order valence-corrected chi connectivity index (χ1v) is 8.37. The summed E-state index contributed by atoms with van der Waals surface area (Å²) in [6.45, 7) is 5.30. The van der Waals surface area contributed by atoms with Gasteiger partial charge in [-0.15, -0.1) is 0 Å². The lowest BCUT2D eigenvalue weighted by Crippen LogP contribution is -2.05. The van der Waals surface area contributed by atoms with Gasteiger partial charge in [0.2, 0.25) is 0 Å². The zero-order chi connectivity index (χ0) is 17.6. The van der Waals surface area contributed by atoms with Crippen molar-refractivity contribution in [3.8, 4) is 22.8 Å². The van der Waals surface area contributed by atoms with E-state index < -0.39 is 0 Å². The topological polar surface area (TPSA) is 73.2 Å². The Labute approximate surface area is 147 Å². The maximum Gasteiger partial charge on any atom is 0.142 e. The van der Waals surface area contributed by atoms with Crippen molar-refractivity contribution >= 4 is 5.69 Å². The molecule has 0 aliphatic carbocycles. The van der Waals surface area contributed by atoms with E-state index in [1.807, 2.05) is 54.6 Å². The molecule has 5 nitrogen and oxygen atoms in total. The van der Waals surface area contributed by atoms with E-state index in [9.17, 15) is 0 Å². The molecule has 3 N–H and O–H groups in total. The van der Waals surface area contributed by atoms with E-state index in [-0.39, 0.29) is 0 Å². The minimum atomic E-state index is 0.371. The molecule has 0 aliphatic heterocycles. The molecule has 0 saturated heterocycles. The average molecular weight is 337 g/mol. The fraction of sp³-hybridized carbons (Fsp3) is 0.250. The highest BCUT2D eigenvalue weighted by atomic mass is 16.5. The van der Waals surface area contributed by atoms with Gasteiger partial charge in [-0.2, -0.15) is 5.10 Å². The predicted octanol–water partition coefficient (Wildman–Crippen LogP) is 4.27. The molecule has 0 aliphatic rings. The molecule has 0 radical (unpaired) electrons. The molecule has 0 atom stereocenters. The fourth-order valence-electron chi connectivity index (χ4n) is 2.40. The van der Waals surface area contributed by atoms with Gasteiger partial charge < -0.3 is 15.2 Å². The number of nitrogens with zero attached hydrogens (tertiary/aromatic N) is 1. The van der Waals surface area contributed by atoms with Gasteiger partial charge in [0.05, 0.1) is 23.7 Å². The van der Waals surface area contributed by atoms with Gasteiger partial charge >= 0.3 is 0 Å². The number of hydrogen-bond donors (Lipinski definition) is 2. The van der Waals surface area contributed by atoms with Crippen LogP contribution in [-0.4, -0.2) is 16.8 Å². The molecule has 1 heterocycles. The van der Waals surface area contributed by atoms with Crippen LogP contribution in [0.3, 0.4) is 0 Å². The van der Waals surface area contributed by atoms with Gasteiger partial charge in [0, 0.05) is 5.56 Å². The number of rotatable bonds is 7. The molecule has 0 fully saturated rings. The Hall–Kier alpha value is -2.95. The minimum Gasteiger partial charge on any atom is -0.493 e. The Kier molecular flexibility index (Phi) is 5.23. The summed E-state index contributed by atoms with van der Waals surface area (Å²) in [7, 11) is 0. The standard InChI is InChI=1S/C20H23N3O2/c1-14(2)12-24-19-9-5-3-7-16(19)18-11-15(22-23-18)13-25-20-10-6-4-8-17(20)21/h3-11,14H,12-13,21H2,1-2H3,(H,22,23). The predicted molar refractivity (Wildman–Crippen MR) is 99.5 cm³/mol. The maximum absolute atomic E-state index is 5.91. The Morgan fingerprint density at radius 1 is 1.00 bits per heavy atom. The highest BCUT2D eigenvalue weighted by molar-refractivity contribution is 5.67. The summed E-state index contributed by atoms with van der Waals surface area (Å²) < 4.78 is 11.7. The molecule has 25 heavy (non-hydrogen) atoms. The number of para-hydroxylation sites is 3. The van der Waals surface area contributed by atoms with Crippen molar-refractivity contribution < 1.29 is 9.47 Å². The van der Waals surface area contributed by atoms with Crippen LogP contribution in [0.4, 0.5) is 5.69 Å². The molecule has 0 bridgehead atoms. The number of benzene rings is 2. The zero-order valence-electron chi connectivity index (χ0n) is 14.5. The lowest BCUT2D eigenvalue weighted by molar-refractivity contribution is 0.272. The zero-order valence-corrected chi connectivity index (χ0v) is 14.5. The third kappa shape index (κ3) is 4.32. The van der Waals surface area contributed by atoms with Crippen LogP contribution in [0.25, 0.3) is 11.3 Å². The SMILES string of the molecule is CC(C)COc1ccccc1-c1cc(COc2ccccc2N)[nH]n1. The monoisotopic (exact) mass is 337 g/mol. The first kappa shape index (κ1) is 16.9. The van der Waals surface area contributed by atoms with Crippen LogP contribution in [0.1, 0.15) is 19.5 Å². The minimum absolute atomic E-state index is 0.371. The number of nitrogen functional groups attached to an aromatic ring is 1. The molecule has 130 valence electrons. The first-order chi connectivity index (χ1) is 12.1. The number of H-pyrrole nitrogens is 1. The number of aromatic nitrogens is 2. The summed E-state index contributed by atoms with van der Waals surface area (Å²) in [5, 5.41) is 7.41. The van der Waals surface area contributed by atoms with Gasteiger partial charge in [-0.1, -0.05) is 38.1 Å². The van der Waals surface area contributed by atoms with Gasteiger partial charge in [0.1, 0.15) is 18.1 Å². The van der Waals surface area contributed by atoms with E-state index in [0.29, 0.717) is 30.6 Å². The van der Waals surface area contributed by atoms with Crippen molar-refractivity contribution in [1.82, 2.24) is 10.2 Å². The van der Waals surface area contributed by atoms with E-state index in [1.165, 1.54) is 0 Å². The molecule has 0 spiro atoms. The molecular weight excluding hydrogens is 314 g/mol. The smallest absolute Gasteiger partial charge is 0.142 e. The number of nitrogens with one attached hydrogen (secondary N) is 1. The summed E-state index contributed by atoms with van der Waals surface area (Å²) in [4.78, 5) is 0. The first-order valence-electron chi connectivity index (χ1n) is 8.37. The third-order valence-electron chi connectivity index (χ3n) is 3.67. The number of nitrogens with two attached hydrogens (primary N) is 1. The molecule has 0 saturated carbocycles. The lowest BCUT2D eigenvalue weighted by Gasteiger charge is -2.11. The third-order valence-corrected chi connectivity index (χ3v) is 3.67. The van der Waals surface area contributed by atoms with Gasteiger partial charge in [-0.05, 0) is 36.2 Å². The van der Waals surface area contributed by atoms with Crippen LogP contribution in [0.5, 0.6) is 11.5 Å². The molecule has 0 amide bonds. The Morgan fingerprint density at radius 3 is 2.48 bits per heavy atom. The molecular formula is C20H23N3O2. The van der Waals surface area contributed by atoms with Gasteiger partial charge in [0.25, 0.3) is 0 Å². The van der Waals surface area contributed by atoms with Crippen molar-refractivity contribution in [2.45, 2.75) is 20.5 Å². The van der Waals surface area contributed by atoms with Gasteiger partial charge in [-0.25, -0.2) is 0 Å². The highest BCUT2D eigenvalue weighted by Crippen LogP contribution is 2.29. The molecule has 3 rings (SSSR count). The summed E-state index contributed by atoms with van der Waals surface area (Å²) >= 11 is 0. The normalized spacial score (nSPS) is 10.8. The Bertz CT molecular complexity index is 827. The van der Waals surface area contributed by atoms with E-state index in [1.54, 1.807) is 0 Å². The number of hydrogen-bond acceptors (Lipinski definition) is 4. The Balaban J connectivity index is 1.72. The number of ether oxygens (including phenoxy) is 2. The summed E-state index contributed by atoms with van der Waals surface area (Å²) in [5.74, 6) is 1.97. The van der Waals surface area contributed by atoms with Crippen molar-refractivity contribution in [3.63, 3.8) is 0 Å². The van der Waals surface area contributed by atoms with Crippen LogP contribution in [0.2, 0.25) is 0 Å². The number of anilines is 1. The van der Waals surface area contributed by atoms with Gasteiger partial charge in [-0.3, -0.25) is 5.10 Å². The highest BCUT2D eigenvalue weighted by Gasteiger charge is 2.11. The fourth-order valence-corrected chi connectivity index (χ4v) is 2.40. The van der Waals surface area contributed by atoms with Crippen molar-refractivity contribution in [2.24, 2.45) is 5.92 Å². The van der Waals surface area contributed by atoms with Crippen LogP contribution in [0.15, 0.2) is 54.6 Å². The summed E-state index contributed by atoms with van der Waals surface area (Å²) in [6.07, 6.45) is 0. The summed E-state index contributed by atoms with van der Waals surface area (Å²) in [6, 6.07) is 17.3. The summed E-state index contributed by atoms with van der Waals surface area (Å²) in [5.41, 5.74) is 9.18.